The molecule has 1 heterocycles. The fraction of sp³-hybridized carbons (Fsp3) is 0.571. The van der Waals surface area contributed by atoms with Crippen LogP contribution in [0, 0.1) is 5.41 Å². The summed E-state index contributed by atoms with van der Waals surface area (Å²) in [7, 11) is 1.73. The molecule has 0 spiro atoms. The van der Waals surface area contributed by atoms with Gasteiger partial charge in [0.15, 0.2) is 5.96 Å². The summed E-state index contributed by atoms with van der Waals surface area (Å²) in [6.07, 6.45) is 0. The highest BCUT2D eigenvalue weighted by Gasteiger charge is 2.20. The molecule has 3 N–H and O–H groups in total. The Bertz CT molecular complexity index is 435. The quantitative estimate of drug-likeness (QED) is 0.439. The molecule has 0 aliphatic rings. The van der Waals surface area contributed by atoms with Gasteiger partial charge in [-0.05, 0) is 22.4 Å². The van der Waals surface area contributed by atoms with Crippen LogP contribution < -0.4 is 16.0 Å². The van der Waals surface area contributed by atoms with Gasteiger partial charge in [0.25, 0.3) is 0 Å². The van der Waals surface area contributed by atoms with Crippen molar-refractivity contribution in [2.75, 3.05) is 20.1 Å². The Morgan fingerprint density at radius 3 is 2.50 bits per heavy atom. The molecule has 5 nitrogen and oxygen atoms in total. The van der Waals surface area contributed by atoms with Gasteiger partial charge in [-0.1, -0.05) is 20.8 Å². The van der Waals surface area contributed by atoms with E-state index in [0.29, 0.717) is 13.1 Å². The molecular formula is C14H24N4OS. The topological polar surface area (TPSA) is 65.5 Å². The molecule has 0 fully saturated rings. The number of thiophene rings is 1. The smallest absolute Gasteiger partial charge is 0.225 e. The minimum atomic E-state index is -0.348. The number of nitrogens with one attached hydrogen (secondary N) is 3. The summed E-state index contributed by atoms with van der Waals surface area (Å²) in [6.45, 7) is 7.67. The molecule has 112 valence electrons. The Morgan fingerprint density at radius 1 is 1.25 bits per heavy atom. The molecule has 1 aromatic rings. The second-order valence-electron chi connectivity index (χ2n) is 5.49. The fourth-order valence-electron chi connectivity index (χ4n) is 1.42. The number of hydrogen-bond donors (Lipinski definition) is 3. The van der Waals surface area contributed by atoms with Crippen LogP contribution in [0.2, 0.25) is 0 Å². The average molecular weight is 296 g/mol. The van der Waals surface area contributed by atoms with Crippen molar-refractivity contribution < 1.29 is 4.79 Å². The van der Waals surface area contributed by atoms with Crippen molar-refractivity contribution in [3.05, 3.63) is 22.4 Å². The SMILES string of the molecule is CN=C(NCCNC(=O)C(C)(C)C)NCc1ccsc1. The molecule has 0 aliphatic carbocycles. The number of carbonyl (C=O) groups excluding carboxylic acids is 1. The summed E-state index contributed by atoms with van der Waals surface area (Å²) in [5.41, 5.74) is 0.887. The standard InChI is InChI=1S/C14H24N4OS/c1-14(2,3)12(19)16-6-7-17-13(15-4)18-9-11-5-8-20-10-11/h5,8,10H,6-7,9H2,1-4H3,(H,16,19)(H2,15,17,18). The van der Waals surface area contributed by atoms with Crippen LogP contribution in [0.15, 0.2) is 21.8 Å². The van der Waals surface area contributed by atoms with E-state index >= 15 is 0 Å². The predicted molar refractivity (Wildman–Crippen MR) is 85.0 cm³/mol. The van der Waals surface area contributed by atoms with Gasteiger partial charge in [0.2, 0.25) is 5.91 Å². The molecule has 0 aliphatic heterocycles. The van der Waals surface area contributed by atoms with Gasteiger partial charge >= 0.3 is 0 Å². The van der Waals surface area contributed by atoms with Crippen molar-refractivity contribution in [2.45, 2.75) is 27.3 Å². The van der Waals surface area contributed by atoms with E-state index in [2.05, 4.69) is 37.8 Å². The highest BCUT2D eigenvalue weighted by Crippen LogP contribution is 2.11. The maximum Gasteiger partial charge on any atom is 0.225 e. The van der Waals surface area contributed by atoms with Crippen LogP contribution in [0.3, 0.4) is 0 Å². The van der Waals surface area contributed by atoms with Crippen molar-refractivity contribution in [3.8, 4) is 0 Å². The van der Waals surface area contributed by atoms with E-state index in [0.717, 1.165) is 12.5 Å². The molecule has 0 unspecified atom stereocenters. The summed E-state index contributed by atoms with van der Waals surface area (Å²) in [5.74, 6) is 0.793. The third-order valence-electron chi connectivity index (χ3n) is 2.65. The second kappa shape index (κ2) is 7.89. The van der Waals surface area contributed by atoms with Crippen molar-refractivity contribution in [1.29, 1.82) is 0 Å². The third kappa shape index (κ3) is 6.06. The second-order valence-corrected chi connectivity index (χ2v) is 6.27. The first kappa shape index (κ1) is 16.5. The Kier molecular flexibility index (Phi) is 6.51. The fourth-order valence-corrected chi connectivity index (χ4v) is 2.09. The highest BCUT2D eigenvalue weighted by atomic mass is 32.1. The van der Waals surface area contributed by atoms with Crippen LogP contribution in [-0.4, -0.2) is 32.0 Å². The lowest BCUT2D eigenvalue weighted by molar-refractivity contribution is -0.128. The van der Waals surface area contributed by atoms with Gasteiger partial charge in [-0.15, -0.1) is 0 Å². The van der Waals surface area contributed by atoms with E-state index in [1.54, 1.807) is 18.4 Å². The molecule has 0 aromatic carbocycles. The summed E-state index contributed by atoms with van der Waals surface area (Å²) in [5, 5.41) is 13.4. The van der Waals surface area contributed by atoms with Crippen molar-refractivity contribution >= 4 is 23.2 Å². The Balaban J connectivity index is 2.20. The highest BCUT2D eigenvalue weighted by molar-refractivity contribution is 7.07. The van der Waals surface area contributed by atoms with Crippen molar-refractivity contribution in [3.63, 3.8) is 0 Å². The minimum Gasteiger partial charge on any atom is -0.355 e. The van der Waals surface area contributed by atoms with Gasteiger partial charge in [0.1, 0.15) is 0 Å². The maximum absolute atomic E-state index is 11.7. The first-order valence-electron chi connectivity index (χ1n) is 6.67. The van der Waals surface area contributed by atoms with E-state index in [4.69, 9.17) is 0 Å². The lowest BCUT2D eigenvalue weighted by Gasteiger charge is -2.18. The molecule has 1 rings (SSSR count). The monoisotopic (exact) mass is 296 g/mol. The molecule has 1 amide bonds. The molecular weight excluding hydrogens is 272 g/mol. The van der Waals surface area contributed by atoms with E-state index in [-0.39, 0.29) is 11.3 Å². The summed E-state index contributed by atoms with van der Waals surface area (Å²) >= 11 is 1.68. The first-order chi connectivity index (χ1) is 9.43. The normalized spacial score (nSPS) is 12.1. The van der Waals surface area contributed by atoms with Crippen LogP contribution in [0.1, 0.15) is 26.3 Å². The zero-order chi connectivity index (χ0) is 15.0. The zero-order valence-corrected chi connectivity index (χ0v) is 13.4. The van der Waals surface area contributed by atoms with Crippen LogP contribution in [0.25, 0.3) is 0 Å². The van der Waals surface area contributed by atoms with Crippen molar-refractivity contribution in [1.82, 2.24) is 16.0 Å². The Morgan fingerprint density at radius 2 is 1.95 bits per heavy atom. The molecule has 0 saturated heterocycles. The van der Waals surface area contributed by atoms with E-state index in [1.807, 2.05) is 20.8 Å². The number of amides is 1. The van der Waals surface area contributed by atoms with E-state index in [1.165, 1.54) is 5.56 Å². The summed E-state index contributed by atoms with van der Waals surface area (Å²) < 4.78 is 0. The van der Waals surface area contributed by atoms with Crippen LogP contribution in [0.5, 0.6) is 0 Å². The Hall–Kier alpha value is -1.56. The van der Waals surface area contributed by atoms with E-state index in [9.17, 15) is 4.79 Å². The van der Waals surface area contributed by atoms with E-state index < -0.39 is 0 Å². The number of carbonyl (C=O) groups is 1. The third-order valence-corrected chi connectivity index (χ3v) is 3.38. The van der Waals surface area contributed by atoms with Crippen LogP contribution >= 0.6 is 11.3 Å². The first-order valence-corrected chi connectivity index (χ1v) is 7.61. The molecule has 0 radical (unpaired) electrons. The molecule has 0 saturated carbocycles. The van der Waals surface area contributed by atoms with Crippen LogP contribution in [0.4, 0.5) is 0 Å². The predicted octanol–water partition coefficient (Wildman–Crippen LogP) is 1.58. The van der Waals surface area contributed by atoms with Gasteiger partial charge in [-0.2, -0.15) is 11.3 Å². The Labute approximate surface area is 124 Å². The number of rotatable bonds is 5. The summed E-state index contributed by atoms with van der Waals surface area (Å²) in [6, 6.07) is 2.08. The molecule has 0 atom stereocenters. The van der Waals surface area contributed by atoms with Crippen LogP contribution in [-0.2, 0) is 11.3 Å². The number of aliphatic imine (C=N–C) groups is 1. The van der Waals surface area contributed by atoms with Gasteiger partial charge in [-0.25, -0.2) is 0 Å². The maximum atomic E-state index is 11.7. The summed E-state index contributed by atoms with van der Waals surface area (Å²) in [4.78, 5) is 15.8. The lowest BCUT2D eigenvalue weighted by atomic mass is 9.96. The molecule has 20 heavy (non-hydrogen) atoms. The largest absolute Gasteiger partial charge is 0.355 e. The van der Waals surface area contributed by atoms with Crippen molar-refractivity contribution in [2.24, 2.45) is 10.4 Å². The van der Waals surface area contributed by atoms with Gasteiger partial charge < -0.3 is 16.0 Å². The van der Waals surface area contributed by atoms with Gasteiger partial charge in [0, 0.05) is 32.1 Å². The number of nitrogens with zero attached hydrogens (tertiary/aromatic N) is 1. The zero-order valence-electron chi connectivity index (χ0n) is 12.6. The lowest BCUT2D eigenvalue weighted by Crippen LogP contribution is -2.43. The number of hydrogen-bond acceptors (Lipinski definition) is 3. The molecule has 0 bridgehead atoms. The van der Waals surface area contributed by atoms with Gasteiger partial charge in [0.05, 0.1) is 0 Å². The molecule has 1 aromatic heterocycles. The van der Waals surface area contributed by atoms with Gasteiger partial charge in [-0.3, -0.25) is 9.79 Å². The minimum absolute atomic E-state index is 0.0560. The average Bonchev–Trinajstić information content (AvgIpc) is 2.89. The molecule has 6 heteroatoms. The number of guanidine groups is 1.